The fourth-order valence-electron chi connectivity index (χ4n) is 2.52. The van der Waals surface area contributed by atoms with Gasteiger partial charge in [-0.3, -0.25) is 4.90 Å². The minimum absolute atomic E-state index is 0.484. The number of piperidine rings is 2. The molecule has 0 radical (unpaired) electrons. The van der Waals surface area contributed by atoms with E-state index in [0.29, 0.717) is 25.3 Å². The highest BCUT2D eigenvalue weighted by Crippen LogP contribution is 2.41. The van der Waals surface area contributed by atoms with Crippen molar-refractivity contribution < 1.29 is 14.7 Å². The summed E-state index contributed by atoms with van der Waals surface area (Å²) in [6.45, 7) is 0.550. The number of nitrogens with zero attached hydrogens (tertiary/aromatic N) is 1. The number of hydrogen-bond acceptors (Lipinski definition) is 2. The van der Waals surface area contributed by atoms with Crippen LogP contribution in [-0.4, -0.2) is 34.5 Å². The first-order valence-electron chi connectivity index (χ1n) is 4.65. The van der Waals surface area contributed by atoms with Crippen LogP contribution in [0.1, 0.15) is 25.7 Å². The predicted molar refractivity (Wildman–Crippen MR) is 45.5 cm³/mol. The van der Waals surface area contributed by atoms with Crippen molar-refractivity contribution in [3.8, 4) is 0 Å². The molecule has 2 bridgehead atoms. The number of aldehydes is 1. The summed E-state index contributed by atoms with van der Waals surface area (Å²) in [6, 6.07) is 0. The number of carbonyl (C=O) groups excluding carboxylic acids is 1. The van der Waals surface area contributed by atoms with E-state index in [1.807, 2.05) is 0 Å². The second kappa shape index (κ2) is 2.72. The van der Waals surface area contributed by atoms with Crippen molar-refractivity contribution in [2.75, 3.05) is 6.54 Å². The van der Waals surface area contributed by atoms with Crippen LogP contribution in [0.15, 0.2) is 0 Å². The van der Waals surface area contributed by atoms with Crippen molar-refractivity contribution in [3.05, 3.63) is 0 Å². The highest BCUT2D eigenvalue weighted by Gasteiger charge is 2.48. The number of hydrogen-bond donors (Lipinski definition) is 1. The Hall–Kier alpha value is -1.06. The lowest BCUT2D eigenvalue weighted by atomic mass is 9.71. The van der Waals surface area contributed by atoms with Crippen LogP contribution in [0.3, 0.4) is 0 Å². The Bertz CT molecular complexity index is 243. The minimum Gasteiger partial charge on any atom is -0.465 e. The van der Waals surface area contributed by atoms with Gasteiger partial charge in [0.1, 0.15) is 11.8 Å². The van der Waals surface area contributed by atoms with Crippen LogP contribution >= 0.6 is 0 Å². The maximum Gasteiger partial charge on any atom is 0.408 e. The molecule has 0 unspecified atom stereocenters. The smallest absolute Gasteiger partial charge is 0.408 e. The molecule has 0 spiro atoms. The molecule has 3 rings (SSSR count). The number of rotatable bonds is 1. The molecule has 2 aliphatic heterocycles. The molecule has 13 heavy (non-hydrogen) atoms. The lowest BCUT2D eigenvalue weighted by Crippen LogP contribution is -2.61. The van der Waals surface area contributed by atoms with Gasteiger partial charge in [0.25, 0.3) is 0 Å². The third-order valence-electron chi connectivity index (χ3n) is 3.40. The zero-order chi connectivity index (χ0) is 9.47. The Morgan fingerprint density at radius 2 is 2.08 bits per heavy atom. The number of carboxylic acid groups (broad SMARTS) is 1. The topological polar surface area (TPSA) is 57.6 Å². The molecule has 1 N–H and O–H groups in total. The number of carbonyl (C=O) groups is 2. The quantitative estimate of drug-likeness (QED) is 0.619. The summed E-state index contributed by atoms with van der Waals surface area (Å²) < 4.78 is 0. The van der Waals surface area contributed by atoms with E-state index in [2.05, 4.69) is 0 Å². The van der Waals surface area contributed by atoms with Gasteiger partial charge < -0.3 is 9.90 Å². The zero-order valence-corrected chi connectivity index (χ0v) is 7.40. The van der Waals surface area contributed by atoms with E-state index in [4.69, 9.17) is 5.11 Å². The summed E-state index contributed by atoms with van der Waals surface area (Å²) >= 11 is 0. The van der Waals surface area contributed by atoms with E-state index < -0.39 is 11.6 Å². The van der Waals surface area contributed by atoms with Gasteiger partial charge in [0.05, 0.1) is 0 Å². The molecule has 72 valence electrons. The Kier molecular flexibility index (Phi) is 1.78. The van der Waals surface area contributed by atoms with Gasteiger partial charge >= 0.3 is 6.09 Å². The normalized spacial score (nSPS) is 37.5. The van der Waals surface area contributed by atoms with E-state index in [1.165, 1.54) is 4.90 Å². The lowest BCUT2D eigenvalue weighted by molar-refractivity contribution is -0.125. The average molecular weight is 183 g/mol. The second-order valence-corrected chi connectivity index (χ2v) is 4.06. The molecular weight excluding hydrogens is 170 g/mol. The van der Waals surface area contributed by atoms with Crippen LogP contribution in [0.25, 0.3) is 0 Å². The molecule has 2 saturated heterocycles. The van der Waals surface area contributed by atoms with Gasteiger partial charge in [-0.2, -0.15) is 0 Å². The number of amides is 1. The number of fused-ring (bicyclic) bond motifs is 3. The van der Waals surface area contributed by atoms with E-state index in [0.717, 1.165) is 19.1 Å². The molecule has 0 aromatic rings. The molecular formula is C9H13NO3. The Morgan fingerprint density at radius 3 is 2.46 bits per heavy atom. The highest BCUT2D eigenvalue weighted by molar-refractivity contribution is 5.76. The SMILES string of the molecule is O=CC12CCC(CC1)CN2C(=O)O. The molecule has 0 atom stereocenters. The monoisotopic (exact) mass is 183 g/mol. The molecule has 4 nitrogen and oxygen atoms in total. The first-order chi connectivity index (χ1) is 6.18. The van der Waals surface area contributed by atoms with Crippen molar-refractivity contribution >= 4 is 12.4 Å². The Balaban J connectivity index is 2.28. The average Bonchev–Trinajstić information content (AvgIpc) is 2.19. The van der Waals surface area contributed by atoms with E-state index >= 15 is 0 Å². The van der Waals surface area contributed by atoms with Crippen LogP contribution in [0.4, 0.5) is 4.79 Å². The van der Waals surface area contributed by atoms with Gasteiger partial charge in [-0.05, 0) is 31.6 Å². The molecule has 3 aliphatic rings. The maximum absolute atomic E-state index is 10.9. The molecule has 0 aromatic heterocycles. The first-order valence-corrected chi connectivity index (χ1v) is 4.65. The summed E-state index contributed by atoms with van der Waals surface area (Å²) in [5.74, 6) is 0.484. The van der Waals surface area contributed by atoms with Gasteiger partial charge in [-0.25, -0.2) is 4.79 Å². The molecule has 2 heterocycles. The molecule has 1 amide bonds. The zero-order valence-electron chi connectivity index (χ0n) is 7.40. The maximum atomic E-state index is 10.9. The van der Waals surface area contributed by atoms with E-state index in [9.17, 15) is 9.59 Å². The van der Waals surface area contributed by atoms with E-state index in [1.54, 1.807) is 0 Å². The summed E-state index contributed by atoms with van der Waals surface area (Å²) in [4.78, 5) is 23.2. The van der Waals surface area contributed by atoms with Crippen molar-refractivity contribution in [1.82, 2.24) is 4.90 Å². The van der Waals surface area contributed by atoms with Gasteiger partial charge in [0.15, 0.2) is 0 Å². The Labute approximate surface area is 76.5 Å². The second-order valence-electron chi connectivity index (χ2n) is 4.06. The molecule has 4 heteroatoms. The van der Waals surface area contributed by atoms with Crippen LogP contribution < -0.4 is 0 Å². The molecule has 0 aromatic carbocycles. The van der Waals surface area contributed by atoms with Crippen LogP contribution in [0, 0.1) is 5.92 Å². The summed E-state index contributed by atoms with van der Waals surface area (Å²) in [5.41, 5.74) is -0.680. The van der Waals surface area contributed by atoms with Gasteiger partial charge in [-0.1, -0.05) is 0 Å². The first kappa shape index (κ1) is 8.53. The summed E-state index contributed by atoms with van der Waals surface area (Å²) in [6.07, 6.45) is 3.32. The van der Waals surface area contributed by atoms with Crippen LogP contribution in [0.2, 0.25) is 0 Å². The van der Waals surface area contributed by atoms with Crippen LogP contribution in [-0.2, 0) is 4.79 Å². The van der Waals surface area contributed by atoms with Crippen molar-refractivity contribution in [2.45, 2.75) is 31.2 Å². The minimum atomic E-state index is -0.948. The molecule has 3 fully saturated rings. The van der Waals surface area contributed by atoms with Crippen molar-refractivity contribution in [3.63, 3.8) is 0 Å². The summed E-state index contributed by atoms with van der Waals surface area (Å²) in [7, 11) is 0. The highest BCUT2D eigenvalue weighted by atomic mass is 16.4. The lowest BCUT2D eigenvalue weighted by Gasteiger charge is -2.50. The largest absolute Gasteiger partial charge is 0.465 e. The summed E-state index contributed by atoms with van der Waals surface area (Å²) in [5, 5.41) is 8.92. The third-order valence-corrected chi connectivity index (χ3v) is 3.40. The van der Waals surface area contributed by atoms with Crippen molar-refractivity contribution in [2.24, 2.45) is 5.92 Å². The molecule has 1 aliphatic carbocycles. The molecule has 1 saturated carbocycles. The fourth-order valence-corrected chi connectivity index (χ4v) is 2.52. The predicted octanol–water partition coefficient (Wildman–Crippen LogP) is 1.11. The Morgan fingerprint density at radius 1 is 1.46 bits per heavy atom. The van der Waals surface area contributed by atoms with Crippen LogP contribution in [0.5, 0.6) is 0 Å². The third kappa shape index (κ3) is 1.12. The standard InChI is InChI=1S/C9H13NO3/c11-6-9-3-1-7(2-4-9)5-10(9)8(12)13/h6-7H,1-5H2,(H,12,13). The van der Waals surface area contributed by atoms with Gasteiger partial charge in [-0.15, -0.1) is 0 Å². The van der Waals surface area contributed by atoms with Crippen molar-refractivity contribution in [1.29, 1.82) is 0 Å². The van der Waals surface area contributed by atoms with E-state index in [-0.39, 0.29) is 0 Å². The van der Waals surface area contributed by atoms with Gasteiger partial charge in [0, 0.05) is 6.54 Å². The van der Waals surface area contributed by atoms with Gasteiger partial charge in [0.2, 0.25) is 0 Å². The fraction of sp³-hybridized carbons (Fsp3) is 0.778.